The largest absolute Gasteiger partial charge is 0.494 e. The average Bonchev–Trinajstić information content (AvgIpc) is 2.45. The summed E-state index contributed by atoms with van der Waals surface area (Å²) in [5.74, 6) is -0.263. The molecule has 0 spiro atoms. The molecule has 5 heteroatoms. The molecule has 1 aromatic rings. The molecule has 0 atom stereocenters. The number of aliphatic carboxylic acids is 1. The van der Waals surface area contributed by atoms with Gasteiger partial charge in [-0.25, -0.2) is 0 Å². The van der Waals surface area contributed by atoms with Gasteiger partial charge >= 0.3 is 5.97 Å². The summed E-state index contributed by atoms with van der Waals surface area (Å²) in [6.45, 7) is 6.64. The van der Waals surface area contributed by atoms with Crippen LogP contribution in [0.4, 0.5) is 0 Å². The second-order valence-corrected chi connectivity index (χ2v) is 4.53. The van der Waals surface area contributed by atoms with E-state index >= 15 is 0 Å². The Morgan fingerprint density at radius 2 is 2.00 bits per heavy atom. The van der Waals surface area contributed by atoms with Crippen molar-refractivity contribution in [1.29, 1.82) is 0 Å². The van der Waals surface area contributed by atoms with Crippen LogP contribution in [-0.4, -0.2) is 41.6 Å². The van der Waals surface area contributed by atoms with E-state index in [0.29, 0.717) is 13.2 Å². The lowest BCUT2D eigenvalue weighted by Crippen LogP contribution is -2.34. The number of carboxylic acids is 1. The van der Waals surface area contributed by atoms with Crippen molar-refractivity contribution < 1.29 is 19.4 Å². The maximum Gasteiger partial charge on any atom is 0.305 e. The number of amides is 1. The Bertz CT molecular complexity index is 482. The molecule has 0 radical (unpaired) electrons. The molecule has 0 aliphatic heterocycles. The number of benzene rings is 1. The Kier molecular flexibility index (Phi) is 7.01. The molecular weight excluding hydrogens is 270 g/mol. The maximum atomic E-state index is 12.2. The molecule has 1 amide bonds. The molecule has 0 saturated heterocycles. The van der Waals surface area contributed by atoms with Gasteiger partial charge < -0.3 is 14.7 Å². The molecule has 0 aliphatic carbocycles. The molecule has 1 aromatic carbocycles. The summed E-state index contributed by atoms with van der Waals surface area (Å²) in [4.78, 5) is 24.3. The van der Waals surface area contributed by atoms with Crippen LogP contribution in [0.2, 0.25) is 0 Å². The second-order valence-electron chi connectivity index (χ2n) is 4.53. The Morgan fingerprint density at radius 1 is 1.33 bits per heavy atom. The first-order valence-electron chi connectivity index (χ1n) is 6.89. The van der Waals surface area contributed by atoms with Gasteiger partial charge in [0.05, 0.1) is 19.4 Å². The molecule has 5 nitrogen and oxygen atoms in total. The van der Waals surface area contributed by atoms with Crippen molar-refractivity contribution in [3.63, 3.8) is 0 Å². The third-order valence-corrected chi connectivity index (χ3v) is 2.89. The zero-order valence-corrected chi connectivity index (χ0v) is 12.2. The monoisotopic (exact) mass is 291 g/mol. The highest BCUT2D eigenvalue weighted by Crippen LogP contribution is 2.13. The van der Waals surface area contributed by atoms with Gasteiger partial charge in [0.25, 0.3) is 0 Å². The van der Waals surface area contributed by atoms with Crippen LogP contribution in [0.5, 0.6) is 5.75 Å². The first-order chi connectivity index (χ1) is 10.1. The number of carbonyl (C=O) groups is 2. The predicted octanol–water partition coefficient (Wildman–Crippen LogP) is 2.12. The standard InChI is InChI=1S/C16H21NO4/c1-3-10-17(11-9-16(19)20)15(18)12-13-5-7-14(8-6-13)21-4-2/h3,5-8H,1,4,9-12H2,2H3,(H,19,20). The quantitative estimate of drug-likeness (QED) is 0.708. The fourth-order valence-electron chi connectivity index (χ4n) is 1.86. The van der Waals surface area contributed by atoms with Gasteiger partial charge in [-0.3, -0.25) is 9.59 Å². The Labute approximate surface area is 124 Å². The van der Waals surface area contributed by atoms with Crippen LogP contribution in [-0.2, 0) is 16.0 Å². The van der Waals surface area contributed by atoms with Gasteiger partial charge in [-0.2, -0.15) is 0 Å². The molecular formula is C16H21NO4. The lowest BCUT2D eigenvalue weighted by molar-refractivity contribution is -0.138. The van der Waals surface area contributed by atoms with Gasteiger partial charge in [-0.15, -0.1) is 6.58 Å². The molecule has 0 aromatic heterocycles. The number of rotatable bonds is 9. The van der Waals surface area contributed by atoms with Crippen LogP contribution in [0.25, 0.3) is 0 Å². The predicted molar refractivity (Wildman–Crippen MR) is 80.3 cm³/mol. The zero-order valence-electron chi connectivity index (χ0n) is 12.2. The molecule has 0 aliphatic rings. The van der Waals surface area contributed by atoms with Crippen LogP contribution < -0.4 is 4.74 Å². The van der Waals surface area contributed by atoms with Crippen LogP contribution >= 0.6 is 0 Å². The van der Waals surface area contributed by atoms with Gasteiger partial charge in [0.1, 0.15) is 5.75 Å². The van der Waals surface area contributed by atoms with Crippen molar-refractivity contribution >= 4 is 11.9 Å². The Hall–Kier alpha value is -2.30. The van der Waals surface area contributed by atoms with Crippen LogP contribution in [0.3, 0.4) is 0 Å². The van der Waals surface area contributed by atoms with E-state index in [0.717, 1.165) is 11.3 Å². The summed E-state index contributed by atoms with van der Waals surface area (Å²) in [5.41, 5.74) is 0.868. The van der Waals surface area contributed by atoms with Crippen molar-refractivity contribution in [3.05, 3.63) is 42.5 Å². The van der Waals surface area contributed by atoms with Crippen molar-refractivity contribution in [3.8, 4) is 5.75 Å². The summed E-state index contributed by atoms with van der Waals surface area (Å²) >= 11 is 0. The van der Waals surface area contributed by atoms with Gasteiger partial charge in [0.15, 0.2) is 0 Å². The fraction of sp³-hybridized carbons (Fsp3) is 0.375. The van der Waals surface area contributed by atoms with E-state index in [1.807, 2.05) is 31.2 Å². The first-order valence-corrected chi connectivity index (χ1v) is 6.89. The van der Waals surface area contributed by atoms with E-state index in [9.17, 15) is 9.59 Å². The number of nitrogens with zero attached hydrogens (tertiary/aromatic N) is 1. The fourth-order valence-corrected chi connectivity index (χ4v) is 1.86. The molecule has 1 N–H and O–H groups in total. The topological polar surface area (TPSA) is 66.8 Å². The number of ether oxygens (including phenoxy) is 1. The number of hydrogen-bond acceptors (Lipinski definition) is 3. The Balaban J connectivity index is 2.62. The third kappa shape index (κ3) is 6.12. The minimum atomic E-state index is -0.919. The minimum Gasteiger partial charge on any atom is -0.494 e. The third-order valence-electron chi connectivity index (χ3n) is 2.89. The zero-order chi connectivity index (χ0) is 15.7. The van der Waals surface area contributed by atoms with E-state index in [1.165, 1.54) is 4.90 Å². The summed E-state index contributed by atoms with van der Waals surface area (Å²) < 4.78 is 5.34. The molecule has 0 heterocycles. The molecule has 21 heavy (non-hydrogen) atoms. The normalized spacial score (nSPS) is 9.95. The van der Waals surface area contributed by atoms with E-state index in [1.54, 1.807) is 6.08 Å². The van der Waals surface area contributed by atoms with E-state index < -0.39 is 5.97 Å². The summed E-state index contributed by atoms with van der Waals surface area (Å²) in [6.07, 6.45) is 1.76. The van der Waals surface area contributed by atoms with Crippen LogP contribution in [0, 0.1) is 0 Å². The second kappa shape index (κ2) is 8.79. The summed E-state index contributed by atoms with van der Waals surface area (Å²) in [6, 6.07) is 7.32. The lowest BCUT2D eigenvalue weighted by Gasteiger charge is -2.20. The van der Waals surface area contributed by atoms with Crippen molar-refractivity contribution in [2.45, 2.75) is 19.8 Å². The van der Waals surface area contributed by atoms with E-state index in [-0.39, 0.29) is 25.3 Å². The molecule has 114 valence electrons. The average molecular weight is 291 g/mol. The van der Waals surface area contributed by atoms with Crippen LogP contribution in [0.1, 0.15) is 18.9 Å². The maximum absolute atomic E-state index is 12.2. The molecule has 0 unspecified atom stereocenters. The summed E-state index contributed by atoms with van der Waals surface area (Å²) in [7, 11) is 0. The molecule has 0 bridgehead atoms. The van der Waals surface area contributed by atoms with E-state index in [4.69, 9.17) is 9.84 Å². The van der Waals surface area contributed by atoms with Gasteiger partial charge in [0, 0.05) is 13.1 Å². The van der Waals surface area contributed by atoms with Gasteiger partial charge in [-0.05, 0) is 24.6 Å². The summed E-state index contributed by atoms with van der Waals surface area (Å²) in [5, 5.41) is 8.71. The molecule has 0 saturated carbocycles. The van der Waals surface area contributed by atoms with Crippen molar-refractivity contribution in [2.24, 2.45) is 0 Å². The van der Waals surface area contributed by atoms with Gasteiger partial charge in [-0.1, -0.05) is 18.2 Å². The number of hydrogen-bond donors (Lipinski definition) is 1. The highest BCUT2D eigenvalue weighted by Gasteiger charge is 2.14. The minimum absolute atomic E-state index is 0.0666. The smallest absolute Gasteiger partial charge is 0.305 e. The van der Waals surface area contributed by atoms with Crippen molar-refractivity contribution in [2.75, 3.05) is 19.7 Å². The highest BCUT2D eigenvalue weighted by atomic mass is 16.5. The molecule has 0 fully saturated rings. The van der Waals surface area contributed by atoms with Gasteiger partial charge in [0.2, 0.25) is 5.91 Å². The highest BCUT2D eigenvalue weighted by molar-refractivity contribution is 5.79. The van der Waals surface area contributed by atoms with Crippen molar-refractivity contribution in [1.82, 2.24) is 4.90 Å². The number of carboxylic acid groups (broad SMARTS) is 1. The molecule has 1 rings (SSSR count). The van der Waals surface area contributed by atoms with Crippen LogP contribution in [0.15, 0.2) is 36.9 Å². The Morgan fingerprint density at radius 3 is 2.52 bits per heavy atom. The number of carbonyl (C=O) groups excluding carboxylic acids is 1. The first kappa shape index (κ1) is 16.8. The lowest BCUT2D eigenvalue weighted by atomic mass is 10.1. The SMILES string of the molecule is C=CCN(CCC(=O)O)C(=O)Cc1ccc(OCC)cc1. The van der Waals surface area contributed by atoms with E-state index in [2.05, 4.69) is 6.58 Å².